The summed E-state index contributed by atoms with van der Waals surface area (Å²) >= 11 is 12.6. The molecule has 0 aliphatic rings. The second kappa shape index (κ2) is 7.58. The number of H-pyrrole nitrogens is 2. The van der Waals surface area contributed by atoms with Gasteiger partial charge in [-0.2, -0.15) is 5.26 Å². The Hall–Kier alpha value is -3.21. The van der Waals surface area contributed by atoms with Gasteiger partial charge < -0.3 is 20.6 Å². The lowest BCUT2D eigenvalue weighted by molar-refractivity contribution is 0.722. The van der Waals surface area contributed by atoms with E-state index in [0.29, 0.717) is 0 Å². The molecule has 0 spiro atoms. The van der Waals surface area contributed by atoms with Crippen LogP contribution < -0.4 is 21.8 Å². The Morgan fingerprint density at radius 3 is 1.74 bits per heavy atom. The fourth-order valence-electron chi connectivity index (χ4n) is 2.57. The number of nitriles is 1. The van der Waals surface area contributed by atoms with Crippen molar-refractivity contribution in [1.29, 1.82) is 5.26 Å². The van der Waals surface area contributed by atoms with Crippen LogP contribution in [0, 0.1) is 11.3 Å². The number of anilines is 2. The van der Waals surface area contributed by atoms with Gasteiger partial charge in [0.15, 0.2) is 0 Å². The number of aromatic amines is 2. The standard InChI is InChI=1S/C18H13Cl2N5O2/c19-11-4-1-5-12(20)15(11)18(10-21,24-13-6-2-8-22-16(13)26)25-14-7-3-9-23-17(14)27/h1-9,24-25H,(H,22,26)(H,23,27). The Labute approximate surface area is 163 Å². The Bertz CT molecular complexity index is 1060. The molecule has 0 saturated heterocycles. The first-order valence-electron chi connectivity index (χ1n) is 7.74. The van der Waals surface area contributed by atoms with E-state index in [4.69, 9.17) is 23.2 Å². The van der Waals surface area contributed by atoms with E-state index in [0.717, 1.165) is 0 Å². The molecule has 0 atom stereocenters. The molecule has 0 saturated carbocycles. The van der Waals surface area contributed by atoms with Crippen molar-refractivity contribution < 1.29 is 0 Å². The minimum atomic E-state index is -1.79. The second-order valence-corrected chi connectivity index (χ2v) is 6.35. The summed E-state index contributed by atoms with van der Waals surface area (Å²) in [6.07, 6.45) is 2.92. The number of rotatable bonds is 5. The molecule has 0 amide bonds. The third-order valence-electron chi connectivity index (χ3n) is 3.79. The van der Waals surface area contributed by atoms with Gasteiger partial charge in [0.1, 0.15) is 17.4 Å². The minimum Gasteiger partial charge on any atom is -0.343 e. The van der Waals surface area contributed by atoms with Crippen molar-refractivity contribution in [2.75, 3.05) is 10.6 Å². The molecule has 3 rings (SSSR count). The van der Waals surface area contributed by atoms with Gasteiger partial charge in [-0.15, -0.1) is 0 Å². The van der Waals surface area contributed by atoms with Gasteiger partial charge in [-0.3, -0.25) is 9.59 Å². The summed E-state index contributed by atoms with van der Waals surface area (Å²) in [5.74, 6) is 0. The smallest absolute Gasteiger partial charge is 0.271 e. The predicted molar refractivity (Wildman–Crippen MR) is 105 cm³/mol. The number of halogens is 2. The molecule has 7 nitrogen and oxygen atoms in total. The molecule has 2 heterocycles. The third kappa shape index (κ3) is 3.67. The number of hydrogen-bond donors (Lipinski definition) is 4. The van der Waals surface area contributed by atoms with Crippen LogP contribution in [0.3, 0.4) is 0 Å². The van der Waals surface area contributed by atoms with Crippen LogP contribution >= 0.6 is 23.2 Å². The normalized spacial score (nSPS) is 10.9. The Morgan fingerprint density at radius 2 is 1.33 bits per heavy atom. The van der Waals surface area contributed by atoms with Crippen molar-refractivity contribution in [2.24, 2.45) is 0 Å². The van der Waals surface area contributed by atoms with E-state index in [-0.39, 0.29) is 27.0 Å². The van der Waals surface area contributed by atoms with Crippen molar-refractivity contribution >= 4 is 34.6 Å². The van der Waals surface area contributed by atoms with E-state index < -0.39 is 16.8 Å². The van der Waals surface area contributed by atoms with E-state index in [1.807, 2.05) is 0 Å². The number of aromatic nitrogens is 2. The van der Waals surface area contributed by atoms with Crippen molar-refractivity contribution in [2.45, 2.75) is 5.66 Å². The summed E-state index contributed by atoms with van der Waals surface area (Å²) in [7, 11) is 0. The molecule has 0 unspecified atom stereocenters. The largest absolute Gasteiger partial charge is 0.343 e. The molecule has 0 aliphatic heterocycles. The van der Waals surface area contributed by atoms with E-state index in [9.17, 15) is 14.9 Å². The van der Waals surface area contributed by atoms with Gasteiger partial charge in [0.05, 0.1) is 10.0 Å². The van der Waals surface area contributed by atoms with Crippen molar-refractivity contribution in [3.05, 3.63) is 91.2 Å². The van der Waals surface area contributed by atoms with Gasteiger partial charge in [-0.1, -0.05) is 29.3 Å². The molecular formula is C18H13Cl2N5O2. The SMILES string of the molecule is N#CC(Nc1ccc[nH]c1=O)(Nc1ccc[nH]c1=O)c1c(Cl)cccc1Cl. The second-order valence-electron chi connectivity index (χ2n) is 5.53. The van der Waals surface area contributed by atoms with Crippen LogP contribution in [0.5, 0.6) is 0 Å². The zero-order valence-corrected chi connectivity index (χ0v) is 15.2. The molecule has 0 radical (unpaired) electrons. The summed E-state index contributed by atoms with van der Waals surface area (Å²) in [5.41, 5.74) is -2.33. The number of benzene rings is 1. The van der Waals surface area contributed by atoms with E-state index in [1.165, 1.54) is 24.5 Å². The number of nitrogens with one attached hydrogen (secondary N) is 4. The lowest BCUT2D eigenvalue weighted by Gasteiger charge is -2.32. The Balaban J connectivity index is 2.23. The van der Waals surface area contributed by atoms with Crippen molar-refractivity contribution in [1.82, 2.24) is 9.97 Å². The molecule has 0 fully saturated rings. The summed E-state index contributed by atoms with van der Waals surface area (Å²) in [4.78, 5) is 29.3. The van der Waals surface area contributed by atoms with Gasteiger partial charge >= 0.3 is 0 Å². The lowest BCUT2D eigenvalue weighted by Crippen LogP contribution is -2.45. The Kier molecular flexibility index (Phi) is 5.21. The van der Waals surface area contributed by atoms with Crippen LogP contribution in [0.1, 0.15) is 5.56 Å². The first-order chi connectivity index (χ1) is 13.0. The monoisotopic (exact) mass is 401 g/mol. The van der Waals surface area contributed by atoms with Crippen LogP contribution in [-0.2, 0) is 5.66 Å². The molecule has 0 bridgehead atoms. The summed E-state index contributed by atoms with van der Waals surface area (Å²) in [6, 6.07) is 13.0. The third-order valence-corrected chi connectivity index (χ3v) is 4.42. The number of hydrogen-bond acceptors (Lipinski definition) is 5. The average Bonchev–Trinajstić information content (AvgIpc) is 2.65. The molecule has 2 aromatic heterocycles. The average molecular weight is 402 g/mol. The van der Waals surface area contributed by atoms with Gasteiger partial charge in [-0.05, 0) is 36.4 Å². The maximum Gasteiger partial charge on any atom is 0.271 e. The minimum absolute atomic E-state index is 0.0925. The topological polar surface area (TPSA) is 114 Å². The fourth-order valence-corrected chi connectivity index (χ4v) is 3.25. The molecule has 4 N–H and O–H groups in total. The van der Waals surface area contributed by atoms with Crippen molar-refractivity contribution in [3.63, 3.8) is 0 Å². The highest BCUT2D eigenvalue weighted by molar-refractivity contribution is 6.36. The molecule has 136 valence electrons. The molecular weight excluding hydrogens is 389 g/mol. The van der Waals surface area contributed by atoms with Crippen molar-refractivity contribution in [3.8, 4) is 6.07 Å². The fraction of sp³-hybridized carbons (Fsp3) is 0.0556. The van der Waals surface area contributed by atoms with Crippen LogP contribution in [0.4, 0.5) is 11.4 Å². The predicted octanol–water partition coefficient (Wildman–Crippen LogP) is 3.27. The lowest BCUT2D eigenvalue weighted by atomic mass is 9.99. The first kappa shape index (κ1) is 18.6. The molecule has 0 aliphatic carbocycles. The van der Waals surface area contributed by atoms with Gasteiger partial charge in [0.2, 0.25) is 5.66 Å². The summed E-state index contributed by atoms with van der Waals surface area (Å²) < 4.78 is 0. The van der Waals surface area contributed by atoms with E-state index in [2.05, 4.69) is 26.7 Å². The van der Waals surface area contributed by atoms with Crippen LogP contribution in [0.2, 0.25) is 10.0 Å². The number of pyridine rings is 2. The summed E-state index contributed by atoms with van der Waals surface area (Å²) in [5, 5.41) is 16.1. The van der Waals surface area contributed by atoms with Gasteiger partial charge in [0, 0.05) is 18.0 Å². The first-order valence-corrected chi connectivity index (χ1v) is 8.50. The molecule has 27 heavy (non-hydrogen) atoms. The molecule has 1 aromatic carbocycles. The number of nitrogens with zero attached hydrogens (tertiary/aromatic N) is 1. The maximum absolute atomic E-state index is 12.1. The van der Waals surface area contributed by atoms with Gasteiger partial charge in [0.25, 0.3) is 11.1 Å². The Morgan fingerprint density at radius 1 is 0.852 bits per heavy atom. The van der Waals surface area contributed by atoms with Crippen LogP contribution in [0.25, 0.3) is 0 Å². The maximum atomic E-state index is 12.1. The van der Waals surface area contributed by atoms with E-state index in [1.54, 1.807) is 30.3 Å². The molecule has 9 heteroatoms. The highest BCUT2D eigenvalue weighted by Crippen LogP contribution is 2.36. The van der Waals surface area contributed by atoms with E-state index >= 15 is 0 Å². The van der Waals surface area contributed by atoms with Crippen LogP contribution in [0.15, 0.2) is 64.4 Å². The van der Waals surface area contributed by atoms with Gasteiger partial charge in [-0.25, -0.2) is 0 Å². The zero-order chi connectivity index (χ0) is 19.4. The zero-order valence-electron chi connectivity index (χ0n) is 13.7. The highest BCUT2D eigenvalue weighted by atomic mass is 35.5. The molecule has 3 aromatic rings. The quantitative estimate of drug-likeness (QED) is 0.489. The highest BCUT2D eigenvalue weighted by Gasteiger charge is 2.38. The van der Waals surface area contributed by atoms with Crippen LogP contribution in [-0.4, -0.2) is 9.97 Å². The summed E-state index contributed by atoms with van der Waals surface area (Å²) in [6.45, 7) is 0.